The van der Waals surface area contributed by atoms with Crippen LogP contribution in [0.2, 0.25) is 0 Å². The lowest BCUT2D eigenvalue weighted by Gasteiger charge is -2.27. The number of sulfonamides is 1. The van der Waals surface area contributed by atoms with Crippen molar-refractivity contribution in [2.45, 2.75) is 63.6 Å². The molecule has 1 aromatic heterocycles. The van der Waals surface area contributed by atoms with Crippen LogP contribution >= 0.6 is 0 Å². The van der Waals surface area contributed by atoms with Crippen LogP contribution in [0.15, 0.2) is 17.6 Å². The van der Waals surface area contributed by atoms with Gasteiger partial charge in [0, 0.05) is 31.7 Å². The first-order chi connectivity index (χ1) is 9.95. The van der Waals surface area contributed by atoms with Crippen LogP contribution in [0.1, 0.15) is 46.0 Å². The average molecular weight is 313 g/mol. The van der Waals surface area contributed by atoms with Crippen molar-refractivity contribution in [1.29, 1.82) is 0 Å². The van der Waals surface area contributed by atoms with E-state index < -0.39 is 10.0 Å². The number of aromatic nitrogens is 2. The zero-order valence-electron chi connectivity index (χ0n) is 12.7. The molecular weight excluding hydrogens is 290 g/mol. The quantitative estimate of drug-likeness (QED) is 0.831. The summed E-state index contributed by atoms with van der Waals surface area (Å²) in [6, 6.07) is -0.234. The van der Waals surface area contributed by atoms with Crippen LogP contribution in [0, 0.1) is 0 Å². The molecule has 0 radical (unpaired) electrons. The first kappa shape index (κ1) is 16.2. The van der Waals surface area contributed by atoms with Crippen LogP contribution in [0.25, 0.3) is 0 Å². The van der Waals surface area contributed by atoms with E-state index in [9.17, 15) is 13.2 Å². The molecular formula is C14H23N3O3S. The molecule has 21 heavy (non-hydrogen) atoms. The van der Waals surface area contributed by atoms with Crippen LogP contribution in [0.5, 0.6) is 0 Å². The lowest BCUT2D eigenvalue weighted by Crippen LogP contribution is -2.41. The highest BCUT2D eigenvalue weighted by molar-refractivity contribution is 7.89. The van der Waals surface area contributed by atoms with Gasteiger partial charge in [-0.2, -0.15) is 4.31 Å². The van der Waals surface area contributed by atoms with Gasteiger partial charge in [0.1, 0.15) is 5.78 Å². The molecule has 0 saturated carbocycles. The number of hydrogen-bond donors (Lipinski definition) is 0. The second-order valence-corrected chi connectivity index (χ2v) is 7.40. The minimum atomic E-state index is -3.62. The van der Waals surface area contributed by atoms with E-state index in [0.717, 1.165) is 25.7 Å². The summed E-state index contributed by atoms with van der Waals surface area (Å²) >= 11 is 0. The zero-order chi connectivity index (χ0) is 15.5. The minimum absolute atomic E-state index is 0.0289. The largest absolute Gasteiger partial charge is 0.336 e. The molecule has 1 unspecified atom stereocenters. The Bertz CT molecular complexity index is 594. The Kier molecular flexibility index (Phi) is 5.16. The predicted molar refractivity (Wildman–Crippen MR) is 79.3 cm³/mol. The maximum Gasteiger partial charge on any atom is 0.262 e. The zero-order valence-corrected chi connectivity index (χ0v) is 13.5. The normalized spacial score (nSPS) is 21.1. The molecule has 0 bridgehead atoms. The van der Waals surface area contributed by atoms with Crippen molar-refractivity contribution in [3.05, 3.63) is 12.5 Å². The molecule has 2 rings (SSSR count). The van der Waals surface area contributed by atoms with Gasteiger partial charge in [0.05, 0.1) is 6.33 Å². The smallest absolute Gasteiger partial charge is 0.262 e. The van der Waals surface area contributed by atoms with Crippen molar-refractivity contribution in [1.82, 2.24) is 13.9 Å². The number of nitrogens with zero attached hydrogens (tertiary/aromatic N) is 3. The number of imidazole rings is 1. The molecule has 1 aliphatic heterocycles. The van der Waals surface area contributed by atoms with Gasteiger partial charge in [-0.25, -0.2) is 13.4 Å². The number of Topliss-reactive ketones (excluding diaryl/α,β-unsaturated/α-hetero) is 1. The fourth-order valence-corrected chi connectivity index (χ4v) is 4.40. The third-order valence-corrected chi connectivity index (χ3v) is 5.73. The molecule has 7 heteroatoms. The Balaban J connectivity index is 2.31. The molecule has 6 nitrogen and oxygen atoms in total. The van der Waals surface area contributed by atoms with Crippen LogP contribution in [0.3, 0.4) is 0 Å². The Labute approximate surface area is 126 Å². The summed E-state index contributed by atoms with van der Waals surface area (Å²) in [6.45, 7) is 4.60. The lowest BCUT2D eigenvalue weighted by molar-refractivity contribution is -0.117. The van der Waals surface area contributed by atoms with Gasteiger partial charge in [-0.15, -0.1) is 0 Å². The summed E-state index contributed by atoms with van der Waals surface area (Å²) in [5.74, 6) is 0.0289. The second-order valence-electron chi connectivity index (χ2n) is 5.57. The summed E-state index contributed by atoms with van der Waals surface area (Å²) in [6.07, 6.45) is 6.93. The molecule has 0 N–H and O–H groups in total. The molecule has 1 atom stereocenters. The number of carbonyl (C=O) groups is 1. The molecule has 0 spiro atoms. The highest BCUT2D eigenvalue weighted by Crippen LogP contribution is 2.26. The maximum absolute atomic E-state index is 12.8. The van der Waals surface area contributed by atoms with E-state index >= 15 is 0 Å². The van der Waals surface area contributed by atoms with E-state index in [2.05, 4.69) is 4.98 Å². The number of carbonyl (C=O) groups excluding carboxylic acids is 1. The molecule has 1 saturated heterocycles. The van der Waals surface area contributed by atoms with Crippen molar-refractivity contribution in [2.75, 3.05) is 6.54 Å². The third kappa shape index (κ3) is 3.71. The van der Waals surface area contributed by atoms with Gasteiger partial charge in [-0.05, 0) is 26.7 Å². The number of rotatable bonds is 5. The summed E-state index contributed by atoms with van der Waals surface area (Å²) in [4.78, 5) is 15.5. The average Bonchev–Trinajstić information content (AvgIpc) is 2.80. The summed E-state index contributed by atoms with van der Waals surface area (Å²) in [5, 5.41) is 0.0832. The van der Waals surface area contributed by atoms with Crippen molar-refractivity contribution in [3.8, 4) is 0 Å². The summed E-state index contributed by atoms with van der Waals surface area (Å²) in [5.41, 5.74) is 0. The van der Waals surface area contributed by atoms with Crippen LogP contribution in [-0.4, -0.2) is 40.6 Å². The van der Waals surface area contributed by atoms with Gasteiger partial charge in [-0.1, -0.05) is 12.8 Å². The van der Waals surface area contributed by atoms with Gasteiger partial charge in [0.25, 0.3) is 10.0 Å². The highest BCUT2D eigenvalue weighted by atomic mass is 32.2. The molecule has 0 aromatic carbocycles. The van der Waals surface area contributed by atoms with Crippen molar-refractivity contribution >= 4 is 15.8 Å². The third-order valence-electron chi connectivity index (χ3n) is 3.89. The number of hydrogen-bond acceptors (Lipinski definition) is 4. The molecule has 0 amide bonds. The number of aryl methyl sites for hydroxylation is 1. The van der Waals surface area contributed by atoms with Gasteiger partial charge in [-0.3, -0.25) is 4.79 Å². The number of ketones is 1. The van der Waals surface area contributed by atoms with Crippen LogP contribution in [0.4, 0.5) is 0 Å². The Hall–Kier alpha value is -1.21. The van der Waals surface area contributed by atoms with Gasteiger partial charge in [0.15, 0.2) is 5.03 Å². The first-order valence-electron chi connectivity index (χ1n) is 7.48. The molecule has 1 fully saturated rings. The molecule has 0 aliphatic carbocycles. The van der Waals surface area contributed by atoms with E-state index in [0.29, 0.717) is 13.1 Å². The van der Waals surface area contributed by atoms with E-state index in [1.165, 1.54) is 17.6 Å². The highest BCUT2D eigenvalue weighted by Gasteiger charge is 2.34. The Morgan fingerprint density at radius 3 is 2.76 bits per heavy atom. The maximum atomic E-state index is 12.8. The SMILES string of the molecule is CCn1cnc(S(=O)(=O)N2CCCCCC2CC(C)=O)c1. The lowest BCUT2D eigenvalue weighted by atomic mass is 10.1. The Morgan fingerprint density at radius 1 is 1.38 bits per heavy atom. The first-order valence-corrected chi connectivity index (χ1v) is 8.92. The molecule has 2 heterocycles. The van der Waals surface area contributed by atoms with Crippen LogP contribution in [-0.2, 0) is 21.4 Å². The molecule has 1 aromatic rings. The van der Waals surface area contributed by atoms with Gasteiger partial charge < -0.3 is 4.57 Å². The van der Waals surface area contributed by atoms with Crippen molar-refractivity contribution in [2.24, 2.45) is 0 Å². The van der Waals surface area contributed by atoms with E-state index in [4.69, 9.17) is 0 Å². The summed E-state index contributed by atoms with van der Waals surface area (Å²) < 4.78 is 28.8. The monoisotopic (exact) mass is 313 g/mol. The van der Waals surface area contributed by atoms with Crippen molar-refractivity contribution in [3.63, 3.8) is 0 Å². The van der Waals surface area contributed by atoms with E-state index in [1.54, 1.807) is 10.8 Å². The fourth-order valence-electron chi connectivity index (χ4n) is 2.77. The van der Waals surface area contributed by atoms with Gasteiger partial charge in [0.2, 0.25) is 0 Å². The molecule has 118 valence electrons. The Morgan fingerprint density at radius 2 is 2.14 bits per heavy atom. The molecule has 1 aliphatic rings. The fraction of sp³-hybridized carbons (Fsp3) is 0.714. The standard InChI is InChI=1S/C14H23N3O3S/c1-3-16-10-14(15-11-16)21(19,20)17-8-6-4-5-7-13(17)9-12(2)18/h10-11,13H,3-9H2,1-2H3. The topological polar surface area (TPSA) is 72.3 Å². The van der Waals surface area contributed by atoms with E-state index in [-0.39, 0.29) is 23.3 Å². The van der Waals surface area contributed by atoms with E-state index in [1.807, 2.05) is 6.92 Å². The van der Waals surface area contributed by atoms with Crippen molar-refractivity contribution < 1.29 is 13.2 Å². The van der Waals surface area contributed by atoms with Crippen LogP contribution < -0.4 is 0 Å². The van der Waals surface area contributed by atoms with Gasteiger partial charge >= 0.3 is 0 Å². The minimum Gasteiger partial charge on any atom is -0.336 e. The predicted octanol–water partition coefficient (Wildman–Crippen LogP) is 1.82. The summed E-state index contributed by atoms with van der Waals surface area (Å²) in [7, 11) is -3.62. The second kappa shape index (κ2) is 6.70.